The molecule has 0 saturated carbocycles. The van der Waals surface area contributed by atoms with E-state index in [9.17, 15) is 0 Å². The molecule has 0 unspecified atom stereocenters. The smallest absolute Gasteiger partial charge is 0.220 e. The molecule has 10 aromatic carbocycles. The number of aromatic nitrogens is 5. The highest BCUT2D eigenvalue weighted by molar-refractivity contribution is 6.10. The van der Waals surface area contributed by atoms with Crippen molar-refractivity contribution in [2.24, 2.45) is 28.2 Å². The van der Waals surface area contributed by atoms with E-state index in [4.69, 9.17) is 9.60 Å². The van der Waals surface area contributed by atoms with Crippen molar-refractivity contribution < 1.29 is 27.9 Å². The molecule has 0 spiro atoms. The van der Waals surface area contributed by atoms with Gasteiger partial charge in [-0.1, -0.05) is 196 Å². The van der Waals surface area contributed by atoms with E-state index in [1.807, 2.05) is 43.1 Å². The maximum atomic E-state index is 8.85. The number of para-hydroxylation sites is 1. The number of benzene rings is 10. The lowest BCUT2D eigenvalue weighted by Crippen LogP contribution is -2.35. The first kappa shape index (κ1) is 67.0. The Morgan fingerprint density at radius 3 is 1.32 bits per heavy atom. The molecule has 0 bridgehead atoms. The van der Waals surface area contributed by atoms with Gasteiger partial charge in [0.2, 0.25) is 22.8 Å². The van der Waals surface area contributed by atoms with Gasteiger partial charge in [-0.2, -0.15) is 13.7 Å². The maximum Gasteiger partial charge on any atom is 0.220 e. The molecule has 5 aromatic heterocycles. The minimum Gasteiger partial charge on any atom is -0.338 e. The van der Waals surface area contributed by atoms with Gasteiger partial charge in [0.05, 0.1) is 52.0 Å². The van der Waals surface area contributed by atoms with Crippen LogP contribution in [0.3, 0.4) is 0 Å². The van der Waals surface area contributed by atoms with Crippen molar-refractivity contribution in [3.8, 4) is 56.2 Å². The van der Waals surface area contributed by atoms with Gasteiger partial charge in [-0.15, -0.1) is 0 Å². The van der Waals surface area contributed by atoms with Gasteiger partial charge in [-0.05, 0) is 234 Å². The lowest BCUT2D eigenvalue weighted by atomic mass is 9.81. The summed E-state index contributed by atoms with van der Waals surface area (Å²) < 4.78 is 70.1. The van der Waals surface area contributed by atoms with Gasteiger partial charge in [0.25, 0.3) is 0 Å². The molecule has 1 aliphatic rings. The summed E-state index contributed by atoms with van der Waals surface area (Å²) in [6, 6.07) is 64.0. The number of fused-ring (bicyclic) bond motifs is 10. The van der Waals surface area contributed by atoms with Crippen molar-refractivity contribution in [2.45, 2.75) is 181 Å². The van der Waals surface area contributed by atoms with Crippen LogP contribution in [0.25, 0.3) is 121 Å². The zero-order valence-electron chi connectivity index (χ0n) is 75.8. The molecule has 1 aliphatic carbocycles. The third-order valence-electron chi connectivity index (χ3n) is 23.4. The molecule has 16 rings (SSSR count). The molecule has 0 atom stereocenters. The fraction of sp³-hybridized carbons (Fsp3) is 0.301. The highest BCUT2D eigenvalue weighted by Gasteiger charge is 2.37. The molecule has 5 heterocycles. The van der Waals surface area contributed by atoms with E-state index in [0.717, 1.165) is 88.2 Å². The Morgan fingerprint density at radius 1 is 0.343 bits per heavy atom. The predicted molar refractivity (Wildman–Crippen MR) is 462 cm³/mol. The maximum absolute atomic E-state index is 8.85. The molecule has 0 N–H and O–H groups in total. The summed E-state index contributed by atoms with van der Waals surface area (Å²) in [7, 11) is 8.05. The Balaban J connectivity index is 0.000000135. The zero-order valence-corrected chi connectivity index (χ0v) is 68.8. The minimum atomic E-state index is -0.0298. The second kappa shape index (κ2) is 30.0. The number of hydrogen-bond donors (Lipinski definition) is 0. The summed E-state index contributed by atoms with van der Waals surface area (Å²) in [6.07, 6.45) is 0.252. The summed E-state index contributed by atoms with van der Waals surface area (Å²) in [6.45, 7) is 45.5. The standard InChI is InChI=1S/C30H33N2.C30H32N.C22H26N.C21H24N/c1-18(2)22-12-13-24-23(16-22)15-21(6)31(7)30(24)26-17-29-27(14-20(26)5)25-10-8-9-11-28(25)32(29)19(3)4;1-18(2)21-12-13-23-22(16-21)15-20(4)31(7)29(23)25-17-28-26(14-19(25)3)24-10-8-9-11-27(24)30(28,5)6;1-14(2)18-7-8-20-19(13-18)9-10-23(6)22(20)21-12-15(3)11-16(4)17(21)5;1-14(2)17-10-11-20-18(13-17)12-16(4)22(5)21(20)19-9-7-6-8-15(19)3/h8-19H,1-7H3;8-18H,1-7H3;7-14H,1-6H3;6-14H,1-5H3/q4*+1/i2*15D;9D,10D;7D,8D,12D. The molecule has 108 heavy (non-hydrogen) atoms. The highest BCUT2D eigenvalue weighted by Crippen LogP contribution is 2.51. The van der Waals surface area contributed by atoms with Crippen LogP contribution in [0.2, 0.25) is 0 Å². The molecule has 5 heteroatoms. The Kier molecular flexibility index (Phi) is 18.6. The monoisotopic (exact) mass is 1430 g/mol. The van der Waals surface area contributed by atoms with Gasteiger partial charge in [0.15, 0.2) is 23.3 Å². The zero-order chi connectivity index (χ0) is 83.5. The van der Waals surface area contributed by atoms with Gasteiger partial charge < -0.3 is 4.57 Å². The lowest BCUT2D eigenvalue weighted by Gasteiger charge is -2.22. The van der Waals surface area contributed by atoms with Crippen molar-refractivity contribution in [1.29, 1.82) is 0 Å². The van der Waals surface area contributed by atoms with Crippen molar-refractivity contribution in [3.63, 3.8) is 0 Å². The van der Waals surface area contributed by atoms with E-state index in [1.165, 1.54) is 117 Å². The number of hydrogen-bond acceptors (Lipinski definition) is 0. The van der Waals surface area contributed by atoms with E-state index in [-0.39, 0.29) is 11.6 Å². The quantitative estimate of drug-likeness (QED) is 0.128. The Morgan fingerprint density at radius 2 is 0.806 bits per heavy atom. The first-order valence-electron chi connectivity index (χ1n) is 42.4. The van der Waals surface area contributed by atoms with Crippen LogP contribution in [0.4, 0.5) is 0 Å². The number of nitrogens with zero attached hydrogens (tertiary/aromatic N) is 5. The van der Waals surface area contributed by atoms with Gasteiger partial charge in [0, 0.05) is 78.3 Å². The van der Waals surface area contributed by atoms with Crippen LogP contribution in [-0.2, 0) is 33.6 Å². The van der Waals surface area contributed by atoms with E-state index in [0.29, 0.717) is 66.0 Å². The van der Waals surface area contributed by atoms with Crippen LogP contribution in [0, 0.1) is 62.3 Å². The summed E-state index contributed by atoms with van der Waals surface area (Å²) >= 11 is 0. The molecule has 548 valence electrons. The van der Waals surface area contributed by atoms with Crippen LogP contribution in [-0.4, -0.2) is 4.57 Å². The molecule has 0 fully saturated rings. The van der Waals surface area contributed by atoms with E-state index in [2.05, 4.69) is 317 Å². The largest absolute Gasteiger partial charge is 0.338 e. The Bertz CT molecular complexity index is 6330. The predicted octanol–water partition coefficient (Wildman–Crippen LogP) is 25.6. The number of pyridine rings is 4. The third-order valence-corrected chi connectivity index (χ3v) is 23.4. The molecule has 0 radical (unpaired) electrons. The fourth-order valence-electron chi connectivity index (χ4n) is 16.6. The van der Waals surface area contributed by atoms with E-state index < -0.39 is 0 Å². The summed E-state index contributed by atoms with van der Waals surface area (Å²) in [4.78, 5) is 0. The summed E-state index contributed by atoms with van der Waals surface area (Å²) in [5, 5.41) is 10.8. The van der Waals surface area contributed by atoms with Gasteiger partial charge in [0.1, 0.15) is 29.6 Å². The van der Waals surface area contributed by atoms with Crippen LogP contribution in [0.5, 0.6) is 0 Å². The fourth-order valence-corrected chi connectivity index (χ4v) is 16.6. The normalized spacial score (nSPS) is 13.3. The molecule has 0 aliphatic heterocycles. The molecular weight excluding hydrogens is 1310 g/mol. The lowest BCUT2D eigenvalue weighted by molar-refractivity contribution is -0.665. The van der Waals surface area contributed by atoms with Crippen LogP contribution in [0.15, 0.2) is 212 Å². The average molecular weight is 1430 g/mol. The van der Waals surface area contributed by atoms with E-state index in [1.54, 1.807) is 6.07 Å². The van der Waals surface area contributed by atoms with Crippen LogP contribution < -0.4 is 18.3 Å². The van der Waals surface area contributed by atoms with E-state index >= 15 is 0 Å². The minimum absolute atomic E-state index is 0.0298. The molecular formula is C103H115N5+4. The summed E-state index contributed by atoms with van der Waals surface area (Å²) in [5.74, 6) is 1.68. The highest BCUT2D eigenvalue weighted by atomic mass is 15.0. The average Bonchev–Trinajstić information content (AvgIpc) is 1.65. The van der Waals surface area contributed by atoms with Crippen molar-refractivity contribution >= 4 is 64.9 Å². The Hall–Kier alpha value is -10.4. The molecule has 0 saturated heterocycles. The van der Waals surface area contributed by atoms with Crippen molar-refractivity contribution in [1.82, 2.24) is 4.57 Å². The van der Waals surface area contributed by atoms with Gasteiger partial charge in [-0.25, -0.2) is 4.57 Å². The number of aryl methyl sites for hydroxylation is 4. The molecule has 5 nitrogen and oxygen atoms in total. The van der Waals surface area contributed by atoms with Crippen molar-refractivity contribution in [2.75, 3.05) is 0 Å². The third kappa shape index (κ3) is 14.0. The van der Waals surface area contributed by atoms with Gasteiger partial charge >= 0.3 is 0 Å². The second-order valence-electron chi connectivity index (χ2n) is 32.8. The van der Waals surface area contributed by atoms with Crippen LogP contribution in [0.1, 0.15) is 206 Å². The van der Waals surface area contributed by atoms with Crippen LogP contribution >= 0.6 is 0 Å². The molecule has 0 amide bonds. The first-order chi connectivity index (χ1) is 54.3. The van der Waals surface area contributed by atoms with Gasteiger partial charge in [-0.3, -0.25) is 0 Å². The second-order valence-corrected chi connectivity index (χ2v) is 32.8. The topological polar surface area (TPSA) is 20.4 Å². The number of rotatable bonds is 9. The molecule has 15 aromatic rings. The first-order valence-corrected chi connectivity index (χ1v) is 38.9. The SMILES string of the molecule is [2H]c1c(C)[n+](C)c(-c2cc3c(cc2C)-c2ccccc2C3(C)C)c2ccc(C(C)C)cc12.[2H]c1c(C)[n+](C)c(-c2cc3c(cc2C)c2ccccc2n3C(C)C)c2ccc(C(C)C)cc12.[2H]c1c([2H])[n+](C)c(-c2cc(C)cc(C)c2C)c2ccc(C(C)C)cc12.[2H]c1cc([2H])c(C)c(-c2c3ccc(C(C)C)cc3c([2H])c(C)[n+]2C)c1. The summed E-state index contributed by atoms with van der Waals surface area (Å²) in [5.41, 5.74) is 31.9. The van der Waals surface area contributed by atoms with Crippen molar-refractivity contribution in [3.05, 3.63) is 296 Å². The Labute approximate surface area is 654 Å².